The largest absolute Gasteiger partial charge is 0.480 e. The van der Waals surface area contributed by atoms with Crippen LogP contribution in [0, 0.1) is 0 Å². The summed E-state index contributed by atoms with van der Waals surface area (Å²) in [5.41, 5.74) is 0. The summed E-state index contributed by atoms with van der Waals surface area (Å²) >= 11 is 0. The molecule has 7 heteroatoms. The molecule has 0 aromatic rings. The molecule has 1 aliphatic rings. The second-order valence-corrected chi connectivity index (χ2v) is 3.30. The van der Waals surface area contributed by atoms with Gasteiger partial charge in [0, 0.05) is 0 Å². The third-order valence-electron chi connectivity index (χ3n) is 1.91. The number of carboxylic acids is 1. The molecule has 0 radical (unpaired) electrons. The monoisotopic (exact) mass is 250 g/mol. The van der Waals surface area contributed by atoms with Crippen molar-refractivity contribution in [1.29, 1.82) is 0 Å². The van der Waals surface area contributed by atoms with E-state index in [9.17, 15) is 4.79 Å². The predicted molar refractivity (Wildman–Crippen MR) is 55.8 cm³/mol. The lowest BCUT2D eigenvalue weighted by molar-refractivity contribution is -0.142. The fraction of sp³-hybridized carbons (Fsp3) is 0.900. The maximum Gasteiger partial charge on any atom is 0.329 e. The number of carbonyl (C=O) groups is 1. The van der Waals surface area contributed by atoms with Gasteiger partial charge in [-0.25, -0.2) is 4.79 Å². The minimum Gasteiger partial charge on any atom is -0.480 e. The fourth-order valence-corrected chi connectivity index (χ4v) is 1.18. The smallest absolute Gasteiger partial charge is 0.329 e. The number of carboxylic acid groups (broad SMARTS) is 1. The number of hydrogen-bond acceptors (Lipinski definition) is 6. The highest BCUT2D eigenvalue weighted by Crippen LogP contribution is 2.03. The maximum atomic E-state index is 10.1. The Morgan fingerprint density at radius 3 is 2.29 bits per heavy atom. The number of ether oxygens (including phenoxy) is 5. The average Bonchev–Trinajstić information content (AvgIpc) is 2.79. The Bertz CT molecular complexity index is 203. The fourth-order valence-electron chi connectivity index (χ4n) is 1.18. The lowest BCUT2D eigenvalue weighted by Gasteiger charge is -2.09. The molecular formula is C10H18O7. The third kappa shape index (κ3) is 8.06. The molecule has 0 atom stereocenters. The van der Waals surface area contributed by atoms with E-state index in [1.54, 1.807) is 0 Å². The molecule has 0 bridgehead atoms. The summed E-state index contributed by atoms with van der Waals surface area (Å²) in [5, 5.41) is 8.28. The van der Waals surface area contributed by atoms with Crippen molar-refractivity contribution in [2.24, 2.45) is 0 Å². The van der Waals surface area contributed by atoms with Gasteiger partial charge in [-0.3, -0.25) is 0 Å². The molecular weight excluding hydrogens is 232 g/mol. The van der Waals surface area contributed by atoms with Gasteiger partial charge in [-0.05, 0) is 0 Å². The Labute approximate surface area is 99.5 Å². The van der Waals surface area contributed by atoms with Crippen LogP contribution in [0.4, 0.5) is 0 Å². The van der Waals surface area contributed by atoms with Crippen LogP contribution >= 0.6 is 0 Å². The molecule has 17 heavy (non-hydrogen) atoms. The predicted octanol–water partition coefficient (Wildman–Crippen LogP) is -0.506. The van der Waals surface area contributed by atoms with Crippen LogP contribution in [0.2, 0.25) is 0 Å². The Balaban J connectivity index is 1.73. The van der Waals surface area contributed by atoms with Gasteiger partial charge in [0.2, 0.25) is 0 Å². The first-order valence-corrected chi connectivity index (χ1v) is 5.47. The van der Waals surface area contributed by atoms with Gasteiger partial charge in [0.25, 0.3) is 0 Å². The van der Waals surface area contributed by atoms with E-state index in [1.165, 1.54) is 0 Å². The van der Waals surface area contributed by atoms with Crippen molar-refractivity contribution in [3.63, 3.8) is 0 Å². The quantitative estimate of drug-likeness (QED) is 0.523. The van der Waals surface area contributed by atoms with Crippen LogP contribution in [0.5, 0.6) is 0 Å². The van der Waals surface area contributed by atoms with Crippen molar-refractivity contribution in [3.8, 4) is 0 Å². The van der Waals surface area contributed by atoms with Crippen molar-refractivity contribution in [3.05, 3.63) is 0 Å². The van der Waals surface area contributed by atoms with E-state index in [0.29, 0.717) is 39.6 Å². The van der Waals surface area contributed by atoms with Gasteiger partial charge in [-0.2, -0.15) is 0 Å². The zero-order valence-electron chi connectivity index (χ0n) is 9.63. The number of hydrogen-bond donors (Lipinski definition) is 1. The van der Waals surface area contributed by atoms with Crippen LogP contribution in [0.1, 0.15) is 0 Å². The van der Waals surface area contributed by atoms with Crippen LogP contribution in [0.15, 0.2) is 0 Å². The van der Waals surface area contributed by atoms with Gasteiger partial charge >= 0.3 is 5.97 Å². The lowest BCUT2D eigenvalue weighted by Crippen LogP contribution is -2.18. The molecule has 0 unspecified atom stereocenters. The normalized spacial score (nSPS) is 16.5. The Morgan fingerprint density at radius 2 is 1.65 bits per heavy atom. The molecule has 0 aromatic carbocycles. The van der Waals surface area contributed by atoms with Gasteiger partial charge in [0.05, 0.1) is 46.2 Å². The molecule has 0 aliphatic carbocycles. The van der Waals surface area contributed by atoms with Gasteiger partial charge in [0.15, 0.2) is 6.29 Å². The van der Waals surface area contributed by atoms with E-state index in [1.807, 2.05) is 0 Å². The van der Waals surface area contributed by atoms with Gasteiger partial charge < -0.3 is 28.8 Å². The van der Waals surface area contributed by atoms with Crippen molar-refractivity contribution in [1.82, 2.24) is 0 Å². The summed E-state index contributed by atoms with van der Waals surface area (Å²) in [6.07, 6.45) is -0.256. The molecule has 1 heterocycles. The molecule has 1 fully saturated rings. The van der Waals surface area contributed by atoms with Crippen LogP contribution in [-0.2, 0) is 28.5 Å². The Hall–Kier alpha value is -0.730. The third-order valence-corrected chi connectivity index (χ3v) is 1.91. The van der Waals surface area contributed by atoms with E-state index in [4.69, 9.17) is 28.8 Å². The van der Waals surface area contributed by atoms with Crippen molar-refractivity contribution < 1.29 is 33.6 Å². The van der Waals surface area contributed by atoms with Crippen LogP contribution < -0.4 is 0 Å². The molecule has 0 spiro atoms. The highest BCUT2D eigenvalue weighted by molar-refractivity contribution is 5.67. The average molecular weight is 250 g/mol. The zero-order chi connectivity index (χ0) is 12.3. The molecule has 1 N–H and O–H groups in total. The molecule has 1 saturated heterocycles. The van der Waals surface area contributed by atoms with Gasteiger partial charge in [0.1, 0.15) is 6.61 Å². The molecule has 0 aromatic heterocycles. The minimum atomic E-state index is -0.982. The molecule has 0 amide bonds. The van der Waals surface area contributed by atoms with E-state index in [2.05, 4.69) is 0 Å². The summed E-state index contributed by atoms with van der Waals surface area (Å²) in [4.78, 5) is 10.1. The van der Waals surface area contributed by atoms with Crippen LogP contribution in [-0.4, -0.2) is 70.2 Å². The second kappa shape index (κ2) is 9.32. The molecule has 1 rings (SSSR count). The van der Waals surface area contributed by atoms with Crippen LogP contribution in [0.25, 0.3) is 0 Å². The van der Waals surface area contributed by atoms with Gasteiger partial charge in [-0.15, -0.1) is 0 Å². The molecule has 1 aliphatic heterocycles. The van der Waals surface area contributed by atoms with Crippen molar-refractivity contribution >= 4 is 5.97 Å². The zero-order valence-corrected chi connectivity index (χ0v) is 9.63. The van der Waals surface area contributed by atoms with E-state index < -0.39 is 5.97 Å². The number of aliphatic carboxylic acids is 1. The highest BCUT2D eigenvalue weighted by atomic mass is 16.7. The lowest BCUT2D eigenvalue weighted by atomic mass is 10.6. The topological polar surface area (TPSA) is 83.5 Å². The van der Waals surface area contributed by atoms with Gasteiger partial charge in [-0.1, -0.05) is 0 Å². The first-order chi connectivity index (χ1) is 8.29. The molecule has 100 valence electrons. The van der Waals surface area contributed by atoms with E-state index in [0.717, 1.165) is 0 Å². The molecule has 0 saturated carbocycles. The summed E-state index contributed by atoms with van der Waals surface area (Å²) < 4.78 is 25.5. The van der Waals surface area contributed by atoms with Crippen molar-refractivity contribution in [2.45, 2.75) is 6.29 Å². The second-order valence-electron chi connectivity index (χ2n) is 3.30. The maximum absolute atomic E-state index is 10.1. The summed E-state index contributed by atoms with van der Waals surface area (Å²) in [6, 6.07) is 0. The summed E-state index contributed by atoms with van der Waals surface area (Å²) in [7, 11) is 0. The minimum absolute atomic E-state index is 0.256. The van der Waals surface area contributed by atoms with Crippen molar-refractivity contribution in [2.75, 3.05) is 52.9 Å². The summed E-state index contributed by atoms with van der Waals surface area (Å²) in [6.45, 7) is 2.84. The molecule has 7 nitrogen and oxygen atoms in total. The Morgan fingerprint density at radius 1 is 1.06 bits per heavy atom. The summed E-state index contributed by atoms with van der Waals surface area (Å²) in [5.74, 6) is -0.982. The Kier molecular flexibility index (Phi) is 7.85. The SMILES string of the molecule is O=C(O)COCCOCCOCC1OCCO1. The highest BCUT2D eigenvalue weighted by Gasteiger charge is 2.15. The number of rotatable bonds is 10. The van der Waals surface area contributed by atoms with Crippen LogP contribution in [0.3, 0.4) is 0 Å². The first-order valence-electron chi connectivity index (χ1n) is 5.47. The first kappa shape index (κ1) is 14.3. The van der Waals surface area contributed by atoms with E-state index >= 15 is 0 Å². The standard InChI is InChI=1S/C10H18O7/c11-9(12)7-14-3-1-13-2-4-15-8-10-16-5-6-17-10/h10H,1-8H2,(H,11,12). The van der Waals surface area contributed by atoms with E-state index in [-0.39, 0.29) is 19.5 Å².